The molecule has 52 heavy (non-hydrogen) atoms. The average Bonchev–Trinajstić information content (AvgIpc) is 3.09. The molecule has 0 radical (unpaired) electrons. The van der Waals surface area contributed by atoms with Crippen LogP contribution in [0.3, 0.4) is 0 Å². The number of benzene rings is 3. The number of nitrogens with one attached hydrogen (secondary N) is 3. The number of amides is 3. The maximum atomic E-state index is 13.3. The van der Waals surface area contributed by atoms with Gasteiger partial charge in [0.2, 0.25) is 5.95 Å². The molecule has 274 valence electrons. The maximum Gasteiger partial charge on any atom is 0.416 e. The normalized spacial score (nSPS) is 14.0. The van der Waals surface area contributed by atoms with Crippen molar-refractivity contribution in [3.63, 3.8) is 0 Å². The quantitative estimate of drug-likeness (QED) is 0.165. The summed E-state index contributed by atoms with van der Waals surface area (Å²) in [6.07, 6.45) is -1.86. The van der Waals surface area contributed by atoms with Crippen molar-refractivity contribution in [3.05, 3.63) is 101 Å². The number of hydrogen-bond acceptors (Lipinski definition) is 9. The van der Waals surface area contributed by atoms with Crippen LogP contribution in [0.2, 0.25) is 5.02 Å². The maximum absolute atomic E-state index is 13.3. The third kappa shape index (κ3) is 9.55. The monoisotopic (exact) mass is 758 g/mol. The zero-order valence-electron chi connectivity index (χ0n) is 28.1. The van der Waals surface area contributed by atoms with Crippen molar-refractivity contribution in [3.8, 4) is 0 Å². The first kappa shape index (κ1) is 38.0. The van der Waals surface area contributed by atoms with Crippen molar-refractivity contribution in [2.75, 3.05) is 29.0 Å². The summed E-state index contributed by atoms with van der Waals surface area (Å²) in [4.78, 5) is 48.0. The Kier molecular flexibility index (Phi) is 11.1. The van der Waals surface area contributed by atoms with Crippen LogP contribution in [0.15, 0.2) is 84.0 Å². The van der Waals surface area contributed by atoms with Gasteiger partial charge in [-0.3, -0.25) is 9.59 Å². The zero-order chi connectivity index (χ0) is 37.8. The number of aromatic nitrogens is 2. The lowest BCUT2D eigenvalue weighted by Gasteiger charge is -2.33. The fourth-order valence-electron chi connectivity index (χ4n) is 5.20. The third-order valence-electron chi connectivity index (χ3n) is 7.80. The number of ether oxygens (including phenoxy) is 1. The number of alkyl halides is 3. The molecule has 1 fully saturated rings. The largest absolute Gasteiger partial charge is 0.444 e. The molecule has 0 aliphatic carbocycles. The van der Waals surface area contributed by atoms with Crippen molar-refractivity contribution in [2.45, 2.75) is 55.5 Å². The second-order valence-corrected chi connectivity index (χ2v) is 15.5. The lowest BCUT2D eigenvalue weighted by molar-refractivity contribution is -0.137. The third-order valence-corrected chi connectivity index (χ3v) is 10.4. The van der Waals surface area contributed by atoms with Crippen molar-refractivity contribution in [2.24, 2.45) is 0 Å². The Balaban J connectivity index is 1.16. The molecule has 5 rings (SSSR count). The summed E-state index contributed by atoms with van der Waals surface area (Å²) in [6.45, 7) is 5.86. The number of carbonyl (C=O) groups is 3. The van der Waals surface area contributed by atoms with E-state index in [9.17, 15) is 36.0 Å². The molecule has 0 spiro atoms. The zero-order valence-corrected chi connectivity index (χ0v) is 29.7. The SMILES string of the molecule is CC(C)(C)OC(=O)N1CCC(S(=O)(=O)c2ccc(Nc3ncc(NC(=O)c4cc(NC(=O)c5cccc(C(F)(F)F)c5)ccc4Cl)cn3)cc2)CC1. The highest BCUT2D eigenvalue weighted by atomic mass is 35.5. The van der Waals surface area contributed by atoms with E-state index in [0.717, 1.165) is 18.2 Å². The molecule has 3 aromatic carbocycles. The van der Waals surface area contributed by atoms with Gasteiger partial charge in [-0.15, -0.1) is 0 Å². The molecule has 1 saturated heterocycles. The van der Waals surface area contributed by atoms with Gasteiger partial charge in [0.1, 0.15) is 5.60 Å². The fourth-order valence-corrected chi connectivity index (χ4v) is 7.13. The Labute approximate surface area is 302 Å². The fraction of sp³-hybridized carbons (Fsp3) is 0.286. The molecule has 0 atom stereocenters. The number of rotatable bonds is 8. The lowest BCUT2D eigenvalue weighted by atomic mass is 10.1. The molecule has 3 N–H and O–H groups in total. The van der Waals surface area contributed by atoms with Crippen LogP contribution in [0.5, 0.6) is 0 Å². The minimum Gasteiger partial charge on any atom is -0.444 e. The number of piperidine rings is 1. The number of nitrogens with zero attached hydrogens (tertiary/aromatic N) is 3. The molecule has 4 aromatic rings. The van der Waals surface area contributed by atoms with Gasteiger partial charge in [0.25, 0.3) is 11.8 Å². The van der Waals surface area contributed by atoms with E-state index in [1.165, 1.54) is 53.7 Å². The summed E-state index contributed by atoms with van der Waals surface area (Å²) in [5.74, 6) is -1.33. The number of hydrogen-bond donors (Lipinski definition) is 3. The molecule has 0 bridgehead atoms. The van der Waals surface area contributed by atoms with Gasteiger partial charge in [0, 0.05) is 30.0 Å². The predicted octanol–water partition coefficient (Wildman–Crippen LogP) is 7.57. The van der Waals surface area contributed by atoms with E-state index in [4.69, 9.17) is 16.3 Å². The molecule has 0 saturated carbocycles. The predicted molar refractivity (Wildman–Crippen MR) is 189 cm³/mol. The van der Waals surface area contributed by atoms with Crippen molar-refractivity contribution in [1.29, 1.82) is 0 Å². The topological polar surface area (TPSA) is 160 Å². The van der Waals surface area contributed by atoms with Crippen LogP contribution in [-0.4, -0.2) is 65.1 Å². The van der Waals surface area contributed by atoms with Crippen LogP contribution in [0.4, 0.5) is 41.0 Å². The highest BCUT2D eigenvalue weighted by molar-refractivity contribution is 7.92. The highest BCUT2D eigenvalue weighted by Crippen LogP contribution is 2.30. The van der Waals surface area contributed by atoms with E-state index in [1.54, 1.807) is 32.9 Å². The van der Waals surface area contributed by atoms with E-state index in [1.807, 2.05) is 0 Å². The number of anilines is 4. The van der Waals surface area contributed by atoms with Crippen molar-refractivity contribution >= 4 is 62.4 Å². The molecule has 17 heteroatoms. The molecular weight excluding hydrogens is 725 g/mol. The number of halogens is 4. The lowest BCUT2D eigenvalue weighted by Crippen LogP contribution is -2.44. The van der Waals surface area contributed by atoms with Crippen LogP contribution < -0.4 is 16.0 Å². The standard InChI is InChI=1S/C35H34ClF3N6O6S/c1-34(2,3)51-33(48)45-15-13-27(14-16-45)52(49,50)26-10-7-23(8-11-26)44-32-40-19-25(20-41-32)43-31(47)28-18-24(9-12-29(28)36)42-30(46)21-5-4-6-22(17-21)35(37,38)39/h4-12,17-20,27H,13-16H2,1-3H3,(H,42,46)(H,43,47)(H,40,41,44). The van der Waals surface area contributed by atoms with Gasteiger partial charge in [-0.2, -0.15) is 13.2 Å². The first-order chi connectivity index (χ1) is 24.4. The smallest absolute Gasteiger partial charge is 0.416 e. The summed E-state index contributed by atoms with van der Waals surface area (Å²) in [5.41, 5.74) is -1.05. The number of likely N-dealkylation sites (tertiary alicyclic amines) is 1. The van der Waals surface area contributed by atoms with Crippen LogP contribution in [0.25, 0.3) is 0 Å². The summed E-state index contributed by atoms with van der Waals surface area (Å²) in [5, 5.41) is 7.42. The molecule has 2 heterocycles. The van der Waals surface area contributed by atoms with Gasteiger partial charge < -0.3 is 25.6 Å². The van der Waals surface area contributed by atoms with Gasteiger partial charge in [-0.25, -0.2) is 23.2 Å². The molecule has 1 aromatic heterocycles. The van der Waals surface area contributed by atoms with Crippen LogP contribution in [0, 0.1) is 0 Å². The molecule has 1 aliphatic heterocycles. The van der Waals surface area contributed by atoms with Crippen LogP contribution in [0.1, 0.15) is 59.9 Å². The molecule has 0 unspecified atom stereocenters. The van der Waals surface area contributed by atoms with E-state index < -0.39 is 50.3 Å². The molecule has 12 nitrogen and oxygen atoms in total. The van der Waals surface area contributed by atoms with Crippen LogP contribution >= 0.6 is 11.6 Å². The Bertz CT molecular complexity index is 2070. The van der Waals surface area contributed by atoms with Gasteiger partial charge in [0.15, 0.2) is 9.84 Å². The minimum absolute atomic E-state index is 0.0330. The summed E-state index contributed by atoms with van der Waals surface area (Å²) >= 11 is 6.22. The second kappa shape index (κ2) is 15.2. The summed E-state index contributed by atoms with van der Waals surface area (Å²) in [6, 6.07) is 14.0. The Morgan fingerprint density at radius 3 is 2.08 bits per heavy atom. The molecular formula is C35H34ClF3N6O6S. The molecule has 3 amide bonds. The van der Waals surface area contributed by atoms with Gasteiger partial charge in [-0.1, -0.05) is 17.7 Å². The molecule has 1 aliphatic rings. The van der Waals surface area contributed by atoms with Gasteiger partial charge in [-0.05, 0) is 94.3 Å². The second-order valence-electron chi connectivity index (χ2n) is 12.8. The van der Waals surface area contributed by atoms with E-state index in [2.05, 4.69) is 25.9 Å². The average molecular weight is 759 g/mol. The van der Waals surface area contributed by atoms with E-state index in [0.29, 0.717) is 5.69 Å². The van der Waals surface area contributed by atoms with Crippen LogP contribution in [-0.2, 0) is 20.8 Å². The summed E-state index contributed by atoms with van der Waals surface area (Å²) < 4.78 is 71.2. The minimum atomic E-state index is -4.62. The van der Waals surface area contributed by atoms with E-state index in [-0.39, 0.29) is 64.3 Å². The number of carbonyl (C=O) groups excluding carboxylic acids is 3. The van der Waals surface area contributed by atoms with Crippen molar-refractivity contribution < 1.29 is 40.7 Å². The number of sulfone groups is 1. The Morgan fingerprint density at radius 2 is 1.46 bits per heavy atom. The first-order valence-corrected chi connectivity index (χ1v) is 17.8. The Hall–Kier alpha value is -5.22. The summed E-state index contributed by atoms with van der Waals surface area (Å²) in [7, 11) is -3.65. The first-order valence-electron chi connectivity index (χ1n) is 15.9. The van der Waals surface area contributed by atoms with Gasteiger partial charge in [0.05, 0.1) is 44.4 Å². The van der Waals surface area contributed by atoms with Crippen molar-refractivity contribution in [1.82, 2.24) is 14.9 Å². The highest BCUT2D eigenvalue weighted by Gasteiger charge is 2.34. The van der Waals surface area contributed by atoms with E-state index >= 15 is 0 Å². The Morgan fingerprint density at radius 1 is 0.846 bits per heavy atom. The van der Waals surface area contributed by atoms with Gasteiger partial charge >= 0.3 is 12.3 Å².